The molecule has 0 spiro atoms. The monoisotopic (exact) mass is 715 g/mol. The van der Waals surface area contributed by atoms with Gasteiger partial charge in [-0.05, 0) is 92.5 Å². The summed E-state index contributed by atoms with van der Waals surface area (Å²) in [5.41, 5.74) is 16.8. The van der Waals surface area contributed by atoms with Gasteiger partial charge in [-0.2, -0.15) is 0 Å². The molecule has 10 rings (SSSR count). The minimum Gasteiger partial charge on any atom is -0.455 e. The predicted octanol–water partition coefficient (Wildman–Crippen LogP) is 15.4. The van der Waals surface area contributed by atoms with Crippen LogP contribution in [-0.4, -0.2) is 0 Å². The van der Waals surface area contributed by atoms with Crippen LogP contribution < -0.4 is 4.90 Å². The number of hydrogen-bond donors (Lipinski definition) is 0. The van der Waals surface area contributed by atoms with Gasteiger partial charge in [0.05, 0.1) is 0 Å². The van der Waals surface area contributed by atoms with Crippen LogP contribution in [0.3, 0.4) is 0 Å². The lowest BCUT2D eigenvalue weighted by atomic mass is 9.87. The number of nitrogens with zero attached hydrogens (tertiary/aromatic N) is 1. The van der Waals surface area contributed by atoms with Crippen LogP contribution in [0.4, 0.5) is 17.1 Å². The van der Waals surface area contributed by atoms with Crippen molar-refractivity contribution in [3.05, 3.63) is 224 Å². The molecule has 0 bridgehead atoms. The summed E-state index contributed by atoms with van der Waals surface area (Å²) in [6.07, 6.45) is 0. The van der Waals surface area contributed by atoms with Crippen molar-refractivity contribution in [2.24, 2.45) is 0 Å². The maximum absolute atomic E-state index is 6.45. The number of anilines is 3. The van der Waals surface area contributed by atoms with E-state index in [0.717, 1.165) is 55.7 Å². The molecule has 0 saturated heterocycles. The van der Waals surface area contributed by atoms with Crippen LogP contribution in [0.15, 0.2) is 229 Å². The van der Waals surface area contributed by atoms with Crippen molar-refractivity contribution in [2.75, 3.05) is 4.90 Å². The molecule has 2 heteroatoms. The zero-order valence-corrected chi connectivity index (χ0v) is 30.7. The molecule has 0 fully saturated rings. The largest absolute Gasteiger partial charge is 0.455 e. The molecule has 0 radical (unpaired) electrons. The first kappa shape index (κ1) is 33.2. The molecule has 0 N–H and O–H groups in total. The first-order valence-electron chi connectivity index (χ1n) is 19.1. The number of furan rings is 1. The molecule has 0 amide bonds. The van der Waals surface area contributed by atoms with Crippen molar-refractivity contribution in [3.8, 4) is 55.6 Å². The Kier molecular flexibility index (Phi) is 8.55. The van der Waals surface area contributed by atoms with E-state index in [1.807, 2.05) is 12.1 Å². The standard InChI is InChI=1S/C54H37NO/c1-3-17-38(18-4-1)44-23-7-9-25-47(44)49-27-11-12-28-50(49)48-26-10-8-24-45(48)39-33-35-42(36-34-39)55(41-20-5-2-6-21-41)43-22-15-19-40(37-43)46-30-16-31-52-51-29-13-14-32-53(51)56-54(46)52/h1-37H. The average Bonchev–Trinajstić information content (AvgIpc) is 3.67. The molecule has 0 aliphatic rings. The summed E-state index contributed by atoms with van der Waals surface area (Å²) in [6, 6.07) is 79.9. The maximum Gasteiger partial charge on any atom is 0.143 e. The van der Waals surface area contributed by atoms with Crippen LogP contribution in [0.1, 0.15) is 0 Å². The lowest BCUT2D eigenvalue weighted by molar-refractivity contribution is 0.670. The second kappa shape index (κ2) is 14.4. The molecular formula is C54H37NO. The van der Waals surface area contributed by atoms with E-state index in [-0.39, 0.29) is 0 Å². The molecule has 0 saturated carbocycles. The van der Waals surface area contributed by atoms with E-state index < -0.39 is 0 Å². The number of para-hydroxylation sites is 3. The first-order chi connectivity index (χ1) is 27.8. The zero-order chi connectivity index (χ0) is 37.3. The zero-order valence-electron chi connectivity index (χ0n) is 30.7. The molecule has 2 nitrogen and oxygen atoms in total. The summed E-state index contributed by atoms with van der Waals surface area (Å²) in [5.74, 6) is 0. The number of benzene rings is 9. The van der Waals surface area contributed by atoms with Crippen molar-refractivity contribution in [3.63, 3.8) is 0 Å². The predicted molar refractivity (Wildman–Crippen MR) is 236 cm³/mol. The Hall–Kier alpha value is -7.42. The van der Waals surface area contributed by atoms with Crippen LogP contribution >= 0.6 is 0 Å². The third-order valence-corrected chi connectivity index (χ3v) is 10.7. The van der Waals surface area contributed by atoms with E-state index in [9.17, 15) is 0 Å². The number of rotatable bonds is 8. The summed E-state index contributed by atoms with van der Waals surface area (Å²) < 4.78 is 6.45. The summed E-state index contributed by atoms with van der Waals surface area (Å²) >= 11 is 0. The Balaban J connectivity index is 1.05. The van der Waals surface area contributed by atoms with Crippen molar-refractivity contribution >= 4 is 39.0 Å². The smallest absolute Gasteiger partial charge is 0.143 e. The van der Waals surface area contributed by atoms with Crippen LogP contribution in [0.2, 0.25) is 0 Å². The lowest BCUT2D eigenvalue weighted by Gasteiger charge is -2.26. The second-order valence-corrected chi connectivity index (χ2v) is 14.1. The lowest BCUT2D eigenvalue weighted by Crippen LogP contribution is -2.09. The van der Waals surface area contributed by atoms with E-state index >= 15 is 0 Å². The molecule has 264 valence electrons. The normalized spacial score (nSPS) is 11.2. The fourth-order valence-electron chi connectivity index (χ4n) is 8.11. The quantitative estimate of drug-likeness (QED) is 0.156. The van der Waals surface area contributed by atoms with Gasteiger partial charge in [0.25, 0.3) is 0 Å². The molecule has 0 aliphatic carbocycles. The van der Waals surface area contributed by atoms with E-state index in [2.05, 4.69) is 217 Å². The van der Waals surface area contributed by atoms with Gasteiger partial charge >= 0.3 is 0 Å². The maximum atomic E-state index is 6.45. The molecule has 10 aromatic rings. The van der Waals surface area contributed by atoms with Crippen molar-refractivity contribution in [1.82, 2.24) is 0 Å². The van der Waals surface area contributed by atoms with Gasteiger partial charge in [-0.25, -0.2) is 0 Å². The summed E-state index contributed by atoms with van der Waals surface area (Å²) in [7, 11) is 0. The number of hydrogen-bond acceptors (Lipinski definition) is 2. The molecule has 56 heavy (non-hydrogen) atoms. The van der Waals surface area contributed by atoms with Crippen LogP contribution in [0, 0.1) is 0 Å². The van der Waals surface area contributed by atoms with Crippen LogP contribution in [0.25, 0.3) is 77.6 Å². The minimum atomic E-state index is 0.902. The van der Waals surface area contributed by atoms with Crippen LogP contribution in [-0.2, 0) is 0 Å². The van der Waals surface area contributed by atoms with Gasteiger partial charge in [-0.3, -0.25) is 0 Å². The average molecular weight is 716 g/mol. The van der Waals surface area contributed by atoms with E-state index in [4.69, 9.17) is 4.42 Å². The highest BCUT2D eigenvalue weighted by atomic mass is 16.3. The van der Waals surface area contributed by atoms with E-state index in [0.29, 0.717) is 0 Å². The van der Waals surface area contributed by atoms with Crippen LogP contribution in [0.5, 0.6) is 0 Å². The van der Waals surface area contributed by atoms with Gasteiger partial charge in [0.1, 0.15) is 11.2 Å². The van der Waals surface area contributed by atoms with Crippen molar-refractivity contribution in [2.45, 2.75) is 0 Å². The number of fused-ring (bicyclic) bond motifs is 3. The highest BCUT2D eigenvalue weighted by Gasteiger charge is 2.18. The SMILES string of the molecule is c1ccc(-c2ccccc2-c2ccccc2-c2ccccc2-c2ccc(N(c3ccccc3)c3cccc(-c4cccc5c4oc4ccccc45)c3)cc2)cc1. The Labute approximate surface area is 327 Å². The van der Waals surface area contributed by atoms with Gasteiger partial charge in [0.2, 0.25) is 0 Å². The Bertz CT molecular complexity index is 2960. The third kappa shape index (κ3) is 6.04. The summed E-state index contributed by atoms with van der Waals surface area (Å²) in [4.78, 5) is 2.33. The summed E-state index contributed by atoms with van der Waals surface area (Å²) in [5, 5.41) is 2.26. The molecule has 0 unspecified atom stereocenters. The van der Waals surface area contributed by atoms with Crippen molar-refractivity contribution in [1.29, 1.82) is 0 Å². The molecule has 9 aromatic carbocycles. The summed E-state index contributed by atoms with van der Waals surface area (Å²) in [6.45, 7) is 0. The first-order valence-corrected chi connectivity index (χ1v) is 19.1. The molecular weight excluding hydrogens is 679 g/mol. The molecule has 1 heterocycles. The second-order valence-electron chi connectivity index (χ2n) is 14.1. The van der Waals surface area contributed by atoms with E-state index in [1.165, 1.54) is 38.9 Å². The van der Waals surface area contributed by atoms with Gasteiger partial charge in [0, 0.05) is 33.4 Å². The molecule has 0 aliphatic heterocycles. The Morgan fingerprint density at radius 3 is 1.36 bits per heavy atom. The van der Waals surface area contributed by atoms with Gasteiger partial charge in [-0.1, -0.05) is 182 Å². The van der Waals surface area contributed by atoms with Gasteiger partial charge < -0.3 is 9.32 Å². The molecule has 0 atom stereocenters. The van der Waals surface area contributed by atoms with E-state index in [1.54, 1.807) is 0 Å². The molecule has 1 aromatic heterocycles. The Morgan fingerprint density at radius 1 is 0.268 bits per heavy atom. The third-order valence-electron chi connectivity index (χ3n) is 10.7. The fourth-order valence-corrected chi connectivity index (χ4v) is 8.11. The highest BCUT2D eigenvalue weighted by Crippen LogP contribution is 2.43. The Morgan fingerprint density at radius 2 is 0.696 bits per heavy atom. The fraction of sp³-hybridized carbons (Fsp3) is 0. The highest BCUT2D eigenvalue weighted by molar-refractivity contribution is 6.09. The van der Waals surface area contributed by atoms with Gasteiger partial charge in [-0.15, -0.1) is 0 Å². The minimum absolute atomic E-state index is 0.902. The topological polar surface area (TPSA) is 16.4 Å². The van der Waals surface area contributed by atoms with Gasteiger partial charge in [0.15, 0.2) is 0 Å². The van der Waals surface area contributed by atoms with Crippen molar-refractivity contribution < 1.29 is 4.42 Å².